The molecule has 3 aromatic rings. The number of oxazole rings is 1. The first-order chi connectivity index (χ1) is 13.7. The van der Waals surface area contributed by atoms with E-state index in [0.717, 1.165) is 19.6 Å². The summed E-state index contributed by atoms with van der Waals surface area (Å²) in [5.41, 5.74) is 1.13. The summed E-state index contributed by atoms with van der Waals surface area (Å²) in [6.07, 6.45) is 4.98. The molecule has 9 heteroatoms. The van der Waals surface area contributed by atoms with Crippen molar-refractivity contribution in [3.8, 4) is 0 Å². The van der Waals surface area contributed by atoms with Gasteiger partial charge >= 0.3 is 17.6 Å². The third kappa shape index (κ3) is 4.14. The lowest BCUT2D eigenvalue weighted by Crippen LogP contribution is -2.35. The van der Waals surface area contributed by atoms with Gasteiger partial charge in [0, 0.05) is 13.1 Å². The highest BCUT2D eigenvalue weighted by Crippen LogP contribution is 2.13. The average Bonchev–Trinajstić information content (AvgIpc) is 3.19. The maximum absolute atomic E-state index is 12.2. The average molecular weight is 385 g/mol. The van der Waals surface area contributed by atoms with Gasteiger partial charge in [-0.25, -0.2) is 4.79 Å². The van der Waals surface area contributed by atoms with Crippen LogP contribution < -0.4 is 11.1 Å². The molecule has 2 aromatic heterocycles. The number of para-hydroxylation sites is 2. The van der Waals surface area contributed by atoms with Gasteiger partial charge in [-0.3, -0.25) is 9.36 Å². The molecular formula is C19H23N5O4. The molecule has 0 aliphatic carbocycles. The lowest BCUT2D eigenvalue weighted by Gasteiger charge is -2.19. The van der Waals surface area contributed by atoms with E-state index in [0.29, 0.717) is 17.6 Å². The molecular weight excluding hydrogens is 362 g/mol. The van der Waals surface area contributed by atoms with Crippen molar-refractivity contribution in [2.24, 2.45) is 0 Å². The Labute approximate surface area is 161 Å². The van der Waals surface area contributed by atoms with Crippen LogP contribution in [-0.4, -0.2) is 51.7 Å². The van der Waals surface area contributed by atoms with Crippen LogP contribution in [0.25, 0.3) is 11.1 Å². The fourth-order valence-corrected chi connectivity index (χ4v) is 3.48. The van der Waals surface area contributed by atoms with Gasteiger partial charge in [-0.2, -0.15) is 4.98 Å². The monoisotopic (exact) mass is 385 g/mol. The van der Waals surface area contributed by atoms with Crippen LogP contribution in [0.2, 0.25) is 0 Å². The van der Waals surface area contributed by atoms with Gasteiger partial charge in [0.15, 0.2) is 11.4 Å². The quantitative estimate of drug-likeness (QED) is 0.687. The Balaban J connectivity index is 1.35. The van der Waals surface area contributed by atoms with Crippen LogP contribution in [0, 0.1) is 0 Å². The fourth-order valence-electron chi connectivity index (χ4n) is 3.48. The smallest absolute Gasteiger partial charge is 0.408 e. The molecule has 1 aliphatic heterocycles. The maximum atomic E-state index is 12.2. The summed E-state index contributed by atoms with van der Waals surface area (Å²) in [6.45, 7) is 3.56. The first kappa shape index (κ1) is 18.4. The normalized spacial score (nSPS) is 15.6. The second kappa shape index (κ2) is 8.39. The van der Waals surface area contributed by atoms with Crippen molar-refractivity contribution in [2.45, 2.75) is 32.2 Å². The largest absolute Gasteiger partial charge is 0.420 e. The molecule has 148 valence electrons. The van der Waals surface area contributed by atoms with Gasteiger partial charge in [-0.1, -0.05) is 30.1 Å². The van der Waals surface area contributed by atoms with Crippen LogP contribution in [0.4, 0.5) is 0 Å². The van der Waals surface area contributed by atoms with Gasteiger partial charge in [0.2, 0.25) is 0 Å². The van der Waals surface area contributed by atoms with E-state index < -0.39 is 11.7 Å². The number of rotatable bonds is 6. The molecule has 0 saturated carbocycles. The van der Waals surface area contributed by atoms with Gasteiger partial charge in [-0.15, -0.1) is 0 Å². The number of hydrogen-bond acceptors (Lipinski definition) is 7. The molecule has 1 N–H and O–H groups in total. The van der Waals surface area contributed by atoms with Crippen LogP contribution in [0.1, 0.15) is 42.2 Å². The number of fused-ring (bicyclic) bond motifs is 1. The Morgan fingerprint density at radius 2 is 1.93 bits per heavy atom. The minimum atomic E-state index is -0.505. The van der Waals surface area contributed by atoms with Gasteiger partial charge in [0.25, 0.3) is 0 Å². The summed E-state index contributed by atoms with van der Waals surface area (Å²) >= 11 is 0. The van der Waals surface area contributed by atoms with E-state index in [2.05, 4.69) is 20.4 Å². The van der Waals surface area contributed by atoms with Crippen LogP contribution in [0.15, 0.2) is 38.0 Å². The third-order valence-corrected chi connectivity index (χ3v) is 4.95. The minimum absolute atomic E-state index is 0.0698. The lowest BCUT2D eigenvalue weighted by molar-refractivity contribution is 0.0904. The van der Waals surface area contributed by atoms with E-state index >= 15 is 0 Å². The maximum Gasteiger partial charge on any atom is 0.420 e. The van der Waals surface area contributed by atoms with Crippen LogP contribution in [0.3, 0.4) is 0 Å². The van der Waals surface area contributed by atoms with Crippen molar-refractivity contribution in [3.05, 3.63) is 46.5 Å². The molecule has 3 heterocycles. The van der Waals surface area contributed by atoms with Crippen molar-refractivity contribution in [1.82, 2.24) is 24.9 Å². The van der Waals surface area contributed by atoms with Crippen molar-refractivity contribution in [3.63, 3.8) is 0 Å². The SMILES string of the molecule is O=C(NCCN1CCCCCC1)c1nc(Cn2c(=O)oc3ccccc32)no1. The highest BCUT2D eigenvalue weighted by Gasteiger charge is 2.18. The molecule has 28 heavy (non-hydrogen) atoms. The molecule has 0 atom stereocenters. The van der Waals surface area contributed by atoms with E-state index in [1.54, 1.807) is 18.2 Å². The van der Waals surface area contributed by atoms with Crippen LogP contribution in [0.5, 0.6) is 0 Å². The van der Waals surface area contributed by atoms with Gasteiger partial charge in [0.05, 0.1) is 12.1 Å². The fraction of sp³-hybridized carbons (Fsp3) is 0.474. The zero-order valence-electron chi connectivity index (χ0n) is 15.6. The molecule has 1 saturated heterocycles. The molecule has 1 fully saturated rings. The highest BCUT2D eigenvalue weighted by atomic mass is 16.5. The zero-order valence-corrected chi connectivity index (χ0v) is 15.6. The Morgan fingerprint density at radius 3 is 2.75 bits per heavy atom. The number of nitrogens with one attached hydrogen (secondary N) is 1. The second-order valence-electron chi connectivity index (χ2n) is 6.95. The van der Waals surface area contributed by atoms with E-state index in [-0.39, 0.29) is 18.3 Å². The Bertz CT molecular complexity index is 997. The van der Waals surface area contributed by atoms with Crippen LogP contribution >= 0.6 is 0 Å². The Hall–Kier alpha value is -2.94. The predicted molar refractivity (Wildman–Crippen MR) is 101 cm³/mol. The van der Waals surface area contributed by atoms with Gasteiger partial charge in [0.1, 0.15) is 0 Å². The number of likely N-dealkylation sites (tertiary alicyclic amines) is 1. The van der Waals surface area contributed by atoms with E-state index in [1.807, 2.05) is 6.07 Å². The van der Waals surface area contributed by atoms with E-state index in [4.69, 9.17) is 8.94 Å². The number of nitrogens with zero attached hydrogens (tertiary/aromatic N) is 4. The molecule has 0 radical (unpaired) electrons. The first-order valence-electron chi connectivity index (χ1n) is 9.62. The number of aromatic nitrogens is 3. The van der Waals surface area contributed by atoms with Crippen molar-refractivity contribution < 1.29 is 13.7 Å². The number of hydrogen-bond donors (Lipinski definition) is 1. The van der Waals surface area contributed by atoms with Crippen molar-refractivity contribution in [2.75, 3.05) is 26.2 Å². The molecule has 0 unspecified atom stereocenters. The lowest BCUT2D eigenvalue weighted by atomic mass is 10.2. The van der Waals surface area contributed by atoms with Gasteiger partial charge in [-0.05, 0) is 38.1 Å². The summed E-state index contributed by atoms with van der Waals surface area (Å²) < 4.78 is 11.6. The summed E-state index contributed by atoms with van der Waals surface area (Å²) in [5, 5.41) is 6.63. The standard InChI is InChI=1S/C19H23N5O4/c25-17(20-9-12-23-10-5-1-2-6-11-23)18-21-16(22-28-18)13-24-14-7-3-4-8-15(14)27-19(24)26/h3-4,7-8H,1-2,5-6,9-13H2,(H,20,25). The van der Waals surface area contributed by atoms with Crippen LogP contribution in [-0.2, 0) is 6.54 Å². The topological polar surface area (TPSA) is 106 Å². The third-order valence-electron chi connectivity index (χ3n) is 4.95. The molecule has 0 spiro atoms. The van der Waals surface area contributed by atoms with Crippen molar-refractivity contribution >= 4 is 17.0 Å². The summed E-state index contributed by atoms with van der Waals surface area (Å²) in [5.74, 6) is -0.773. The van der Waals surface area contributed by atoms with Crippen molar-refractivity contribution in [1.29, 1.82) is 0 Å². The van der Waals surface area contributed by atoms with Gasteiger partial charge < -0.3 is 19.2 Å². The molecule has 1 amide bonds. The number of carbonyl (C=O) groups is 1. The molecule has 1 aliphatic rings. The molecule has 4 rings (SSSR count). The zero-order chi connectivity index (χ0) is 19.3. The summed E-state index contributed by atoms with van der Waals surface area (Å²) in [7, 11) is 0. The van der Waals surface area contributed by atoms with E-state index in [9.17, 15) is 9.59 Å². The minimum Gasteiger partial charge on any atom is -0.408 e. The summed E-state index contributed by atoms with van der Waals surface area (Å²) in [4.78, 5) is 30.7. The Kier molecular flexibility index (Phi) is 5.52. The second-order valence-corrected chi connectivity index (χ2v) is 6.95. The predicted octanol–water partition coefficient (Wildman–Crippen LogP) is 1.63. The number of carbonyl (C=O) groups excluding carboxylic acids is 1. The Morgan fingerprint density at radius 1 is 1.14 bits per heavy atom. The first-order valence-corrected chi connectivity index (χ1v) is 9.62. The molecule has 1 aromatic carbocycles. The summed E-state index contributed by atoms with van der Waals surface area (Å²) in [6, 6.07) is 7.09. The number of amides is 1. The molecule has 9 nitrogen and oxygen atoms in total. The number of benzene rings is 1. The molecule has 0 bridgehead atoms. The van der Waals surface area contributed by atoms with E-state index in [1.165, 1.54) is 30.3 Å². The highest BCUT2D eigenvalue weighted by molar-refractivity contribution is 5.89.